The molecule has 0 heterocycles. The summed E-state index contributed by atoms with van der Waals surface area (Å²) in [5.41, 5.74) is 0. The number of aliphatic hydroxyl groups excluding tert-OH is 1. The molecule has 50 valence electrons. The lowest BCUT2D eigenvalue weighted by Gasteiger charge is -2.05. The summed E-state index contributed by atoms with van der Waals surface area (Å²) in [6.45, 7) is 3.53. The van der Waals surface area contributed by atoms with Crippen LogP contribution in [-0.4, -0.2) is 17.9 Å². The highest BCUT2D eigenvalue weighted by Crippen LogP contribution is 2.06. The molecule has 8 heavy (non-hydrogen) atoms. The highest BCUT2D eigenvalue weighted by molar-refractivity contribution is 4.55. The lowest BCUT2D eigenvalue weighted by atomic mass is 10.1. The second kappa shape index (κ2) is 3.84. The summed E-state index contributed by atoms with van der Waals surface area (Å²) in [5.74, 6) is 0.345. The SMILES string of the molecule is CC(C)C[C@H](F)CO. The van der Waals surface area contributed by atoms with Gasteiger partial charge in [0.15, 0.2) is 0 Å². The van der Waals surface area contributed by atoms with Crippen LogP contribution in [0.1, 0.15) is 20.3 Å². The van der Waals surface area contributed by atoms with Crippen LogP contribution in [0.5, 0.6) is 0 Å². The minimum absolute atomic E-state index is 0.335. The topological polar surface area (TPSA) is 20.2 Å². The number of hydrogen-bond donors (Lipinski definition) is 1. The predicted molar refractivity (Wildman–Crippen MR) is 31.4 cm³/mol. The molecule has 0 radical (unpaired) electrons. The Kier molecular flexibility index (Phi) is 3.79. The summed E-state index contributed by atoms with van der Waals surface area (Å²) in [6, 6.07) is 0. The zero-order chi connectivity index (χ0) is 6.57. The summed E-state index contributed by atoms with van der Waals surface area (Å²) in [6.07, 6.45) is -0.550. The van der Waals surface area contributed by atoms with Gasteiger partial charge in [0.25, 0.3) is 0 Å². The fraction of sp³-hybridized carbons (Fsp3) is 1.00. The third-order valence-electron chi connectivity index (χ3n) is 0.925. The van der Waals surface area contributed by atoms with Crippen LogP contribution < -0.4 is 0 Å². The number of alkyl halides is 1. The van der Waals surface area contributed by atoms with E-state index in [9.17, 15) is 4.39 Å². The van der Waals surface area contributed by atoms with Crippen molar-refractivity contribution in [2.75, 3.05) is 6.61 Å². The molecule has 0 unspecified atom stereocenters. The quantitative estimate of drug-likeness (QED) is 0.596. The molecule has 1 N–H and O–H groups in total. The van der Waals surface area contributed by atoms with Crippen molar-refractivity contribution in [3.05, 3.63) is 0 Å². The fourth-order valence-corrected chi connectivity index (χ4v) is 0.586. The second-order valence-corrected chi connectivity index (χ2v) is 2.41. The maximum atomic E-state index is 12.1. The van der Waals surface area contributed by atoms with Crippen LogP contribution >= 0.6 is 0 Å². The van der Waals surface area contributed by atoms with Gasteiger partial charge in [0, 0.05) is 0 Å². The number of halogens is 1. The van der Waals surface area contributed by atoms with Gasteiger partial charge in [-0.1, -0.05) is 13.8 Å². The van der Waals surface area contributed by atoms with Gasteiger partial charge in [-0.3, -0.25) is 0 Å². The number of hydrogen-bond acceptors (Lipinski definition) is 1. The zero-order valence-corrected chi connectivity index (χ0v) is 5.39. The largest absolute Gasteiger partial charge is 0.393 e. The average molecular weight is 120 g/mol. The number of aliphatic hydroxyl groups is 1. The minimum Gasteiger partial charge on any atom is -0.393 e. The van der Waals surface area contributed by atoms with Crippen LogP contribution in [0.15, 0.2) is 0 Å². The molecular formula is C6H13FO. The van der Waals surface area contributed by atoms with Crippen LogP contribution in [0.25, 0.3) is 0 Å². The summed E-state index contributed by atoms with van der Waals surface area (Å²) in [5, 5.41) is 8.21. The molecule has 2 heteroatoms. The molecule has 0 aromatic heterocycles. The summed E-state index contributed by atoms with van der Waals surface area (Å²) in [7, 11) is 0. The van der Waals surface area contributed by atoms with Crippen LogP contribution in [0.4, 0.5) is 4.39 Å². The van der Waals surface area contributed by atoms with Crippen LogP contribution in [0.2, 0.25) is 0 Å². The summed E-state index contributed by atoms with van der Waals surface area (Å²) in [4.78, 5) is 0. The Labute approximate surface area is 49.5 Å². The second-order valence-electron chi connectivity index (χ2n) is 2.41. The zero-order valence-electron chi connectivity index (χ0n) is 5.39. The Bertz CT molecular complexity index is 54.5. The first-order valence-corrected chi connectivity index (χ1v) is 2.91. The Balaban J connectivity index is 3.10. The summed E-state index contributed by atoms with van der Waals surface area (Å²) >= 11 is 0. The van der Waals surface area contributed by atoms with Gasteiger partial charge in [0.2, 0.25) is 0 Å². The molecule has 0 spiro atoms. The van der Waals surface area contributed by atoms with E-state index in [1.807, 2.05) is 13.8 Å². The van der Waals surface area contributed by atoms with Crippen molar-refractivity contribution in [3.63, 3.8) is 0 Å². The maximum absolute atomic E-state index is 12.1. The van der Waals surface area contributed by atoms with Crippen LogP contribution in [-0.2, 0) is 0 Å². The minimum atomic E-state index is -1.02. The third kappa shape index (κ3) is 4.06. The Morgan fingerprint density at radius 2 is 2.00 bits per heavy atom. The van der Waals surface area contributed by atoms with Crippen LogP contribution in [0.3, 0.4) is 0 Å². The van der Waals surface area contributed by atoms with E-state index in [0.29, 0.717) is 12.3 Å². The lowest BCUT2D eigenvalue weighted by Crippen LogP contribution is -2.08. The number of rotatable bonds is 3. The van der Waals surface area contributed by atoms with Crippen molar-refractivity contribution in [3.8, 4) is 0 Å². The molecule has 0 rings (SSSR count). The van der Waals surface area contributed by atoms with E-state index < -0.39 is 6.17 Å². The van der Waals surface area contributed by atoms with Crippen molar-refractivity contribution in [1.82, 2.24) is 0 Å². The van der Waals surface area contributed by atoms with Crippen molar-refractivity contribution < 1.29 is 9.50 Å². The molecule has 0 aliphatic heterocycles. The Hall–Kier alpha value is -0.110. The molecule has 1 nitrogen and oxygen atoms in total. The van der Waals surface area contributed by atoms with E-state index in [4.69, 9.17) is 5.11 Å². The van der Waals surface area contributed by atoms with Gasteiger partial charge in [-0.15, -0.1) is 0 Å². The van der Waals surface area contributed by atoms with E-state index in [1.165, 1.54) is 0 Å². The normalized spacial score (nSPS) is 14.6. The first kappa shape index (κ1) is 7.89. The first-order chi connectivity index (χ1) is 3.66. The van der Waals surface area contributed by atoms with Gasteiger partial charge in [-0.05, 0) is 12.3 Å². The van der Waals surface area contributed by atoms with Gasteiger partial charge >= 0.3 is 0 Å². The van der Waals surface area contributed by atoms with Gasteiger partial charge in [0.05, 0.1) is 6.61 Å². The molecule has 0 bridgehead atoms. The van der Waals surface area contributed by atoms with E-state index in [2.05, 4.69) is 0 Å². The molecule has 0 aliphatic carbocycles. The molecule has 0 amide bonds. The first-order valence-electron chi connectivity index (χ1n) is 2.91. The monoisotopic (exact) mass is 120 g/mol. The molecule has 1 atom stereocenters. The van der Waals surface area contributed by atoms with E-state index >= 15 is 0 Å². The maximum Gasteiger partial charge on any atom is 0.123 e. The highest BCUT2D eigenvalue weighted by Gasteiger charge is 2.05. The predicted octanol–water partition coefficient (Wildman–Crippen LogP) is 1.36. The molecule has 0 aromatic carbocycles. The molecule has 0 aromatic rings. The molecule has 0 saturated heterocycles. The molecule has 0 fully saturated rings. The van der Waals surface area contributed by atoms with Crippen molar-refractivity contribution in [2.45, 2.75) is 26.4 Å². The average Bonchev–Trinajstić information content (AvgIpc) is 1.65. The standard InChI is InChI=1S/C6H13FO/c1-5(2)3-6(7)4-8/h5-6,8H,3-4H2,1-2H3/t6-/m0/s1. The lowest BCUT2D eigenvalue weighted by molar-refractivity contribution is 0.158. The van der Waals surface area contributed by atoms with Gasteiger partial charge in [-0.2, -0.15) is 0 Å². The van der Waals surface area contributed by atoms with E-state index in [-0.39, 0.29) is 6.61 Å². The van der Waals surface area contributed by atoms with Crippen molar-refractivity contribution in [2.24, 2.45) is 5.92 Å². The summed E-state index contributed by atoms with van der Waals surface area (Å²) < 4.78 is 12.1. The van der Waals surface area contributed by atoms with Crippen molar-refractivity contribution in [1.29, 1.82) is 0 Å². The van der Waals surface area contributed by atoms with E-state index in [0.717, 1.165) is 0 Å². The fourth-order valence-electron chi connectivity index (χ4n) is 0.586. The van der Waals surface area contributed by atoms with E-state index in [1.54, 1.807) is 0 Å². The third-order valence-corrected chi connectivity index (χ3v) is 0.925. The molecule has 0 aliphatic rings. The van der Waals surface area contributed by atoms with Crippen LogP contribution in [0, 0.1) is 5.92 Å². The Morgan fingerprint density at radius 1 is 1.50 bits per heavy atom. The van der Waals surface area contributed by atoms with Gasteiger partial charge < -0.3 is 5.11 Å². The highest BCUT2D eigenvalue weighted by atomic mass is 19.1. The molecular weight excluding hydrogens is 107 g/mol. The van der Waals surface area contributed by atoms with Gasteiger partial charge in [-0.25, -0.2) is 4.39 Å². The smallest absolute Gasteiger partial charge is 0.123 e. The Morgan fingerprint density at radius 3 is 2.12 bits per heavy atom. The molecule has 0 saturated carbocycles. The van der Waals surface area contributed by atoms with Gasteiger partial charge in [0.1, 0.15) is 6.17 Å². The van der Waals surface area contributed by atoms with Crippen molar-refractivity contribution >= 4 is 0 Å².